The lowest BCUT2D eigenvalue weighted by Crippen LogP contribution is -2.31. The summed E-state index contributed by atoms with van der Waals surface area (Å²) in [5, 5.41) is 7.41. The molecule has 5 nitrogen and oxygen atoms in total. The van der Waals surface area contributed by atoms with Gasteiger partial charge >= 0.3 is 0 Å². The molecule has 0 aromatic heterocycles. The number of benzene rings is 1. The fourth-order valence-corrected chi connectivity index (χ4v) is 2.25. The number of halogens is 1. The molecule has 1 aromatic rings. The van der Waals surface area contributed by atoms with E-state index in [1.54, 1.807) is 19.4 Å². The van der Waals surface area contributed by atoms with E-state index < -0.39 is 0 Å². The van der Waals surface area contributed by atoms with Gasteiger partial charge in [-0.15, -0.1) is 6.58 Å². The van der Waals surface area contributed by atoms with E-state index in [-0.39, 0.29) is 0 Å². The van der Waals surface area contributed by atoms with Crippen molar-refractivity contribution in [3.05, 3.63) is 34.8 Å². The summed E-state index contributed by atoms with van der Waals surface area (Å²) >= 11 is 8.48. The van der Waals surface area contributed by atoms with Gasteiger partial charge in [-0.25, -0.2) is 0 Å². The van der Waals surface area contributed by atoms with Gasteiger partial charge in [-0.3, -0.25) is 5.43 Å². The second kappa shape index (κ2) is 9.36. The molecule has 1 aromatic carbocycles. The van der Waals surface area contributed by atoms with Crippen molar-refractivity contribution >= 4 is 39.5 Å². The van der Waals surface area contributed by atoms with E-state index >= 15 is 0 Å². The highest BCUT2D eigenvalue weighted by molar-refractivity contribution is 9.10. The molecule has 0 heterocycles. The summed E-state index contributed by atoms with van der Waals surface area (Å²) in [6.07, 6.45) is 3.36. The van der Waals surface area contributed by atoms with Crippen LogP contribution in [0.4, 0.5) is 0 Å². The Labute approximate surface area is 138 Å². The third kappa shape index (κ3) is 5.73. The first-order chi connectivity index (χ1) is 10.1. The first-order valence-corrected chi connectivity index (χ1v) is 7.50. The molecule has 0 aliphatic carbocycles. The Kier molecular flexibility index (Phi) is 7.78. The van der Waals surface area contributed by atoms with Crippen LogP contribution in [0, 0.1) is 0 Å². The zero-order chi connectivity index (χ0) is 15.7. The molecular formula is C14H18BrN3O2S. The van der Waals surface area contributed by atoms with Gasteiger partial charge in [0.25, 0.3) is 0 Å². The molecule has 0 unspecified atom stereocenters. The Bertz CT molecular complexity index is 535. The minimum absolute atomic E-state index is 0.434. The standard InChI is InChI=1S/C14H18BrN3O2S/c1-4-6-16-14(21)18-17-9-10-7-11(15)13(19-3)12(8-10)20-5-2/h4,7-9H,1,5-6H2,2-3H3,(H2,16,18,21)/b17-9+. The lowest BCUT2D eigenvalue weighted by molar-refractivity contribution is 0.310. The van der Waals surface area contributed by atoms with Crippen molar-refractivity contribution in [1.29, 1.82) is 0 Å². The molecule has 0 fully saturated rings. The molecule has 0 atom stereocenters. The highest BCUT2D eigenvalue weighted by Gasteiger charge is 2.10. The van der Waals surface area contributed by atoms with Gasteiger partial charge in [0.05, 0.1) is 24.4 Å². The van der Waals surface area contributed by atoms with Crippen molar-refractivity contribution in [3.63, 3.8) is 0 Å². The van der Waals surface area contributed by atoms with Gasteiger partial charge in [0, 0.05) is 6.54 Å². The second-order valence-electron chi connectivity index (χ2n) is 3.84. The number of hydrogen-bond donors (Lipinski definition) is 2. The van der Waals surface area contributed by atoms with Crippen LogP contribution in [0.5, 0.6) is 11.5 Å². The van der Waals surface area contributed by atoms with Gasteiger partial charge in [-0.05, 0) is 52.8 Å². The molecule has 0 spiro atoms. The Morgan fingerprint density at radius 1 is 1.52 bits per heavy atom. The first-order valence-electron chi connectivity index (χ1n) is 6.30. The SMILES string of the molecule is C=CCNC(=S)N/N=C/c1cc(Br)c(OC)c(OCC)c1. The summed E-state index contributed by atoms with van der Waals surface area (Å²) in [4.78, 5) is 0. The highest BCUT2D eigenvalue weighted by Crippen LogP contribution is 2.36. The van der Waals surface area contributed by atoms with Crippen LogP contribution in [0.3, 0.4) is 0 Å². The van der Waals surface area contributed by atoms with Crippen LogP contribution in [-0.2, 0) is 0 Å². The summed E-state index contributed by atoms with van der Waals surface area (Å²) < 4.78 is 11.6. The number of ether oxygens (including phenoxy) is 2. The van der Waals surface area contributed by atoms with Gasteiger partial charge in [0.15, 0.2) is 16.6 Å². The maximum Gasteiger partial charge on any atom is 0.187 e. The first kappa shape index (κ1) is 17.5. The molecule has 0 aliphatic rings. The van der Waals surface area contributed by atoms with Crippen molar-refractivity contribution in [2.24, 2.45) is 5.10 Å². The molecule has 2 N–H and O–H groups in total. The Balaban J connectivity index is 2.79. The Hall–Kier alpha value is -1.60. The van der Waals surface area contributed by atoms with Gasteiger partial charge in [0.1, 0.15) is 0 Å². The number of hydrazone groups is 1. The lowest BCUT2D eigenvalue weighted by Gasteiger charge is -2.11. The average Bonchev–Trinajstić information content (AvgIpc) is 2.45. The minimum Gasteiger partial charge on any atom is -0.492 e. The van der Waals surface area contributed by atoms with Crippen molar-refractivity contribution in [1.82, 2.24) is 10.7 Å². The largest absolute Gasteiger partial charge is 0.492 e. The topological polar surface area (TPSA) is 54.9 Å². The van der Waals surface area contributed by atoms with Crippen LogP contribution >= 0.6 is 28.1 Å². The maximum atomic E-state index is 5.54. The van der Waals surface area contributed by atoms with E-state index in [0.717, 1.165) is 10.0 Å². The number of nitrogens with one attached hydrogen (secondary N) is 2. The van der Waals surface area contributed by atoms with Crippen LogP contribution in [-0.4, -0.2) is 31.6 Å². The molecule has 0 aliphatic heterocycles. The quantitative estimate of drug-likeness (QED) is 0.334. The molecule has 0 radical (unpaired) electrons. The van der Waals surface area contributed by atoms with Crippen LogP contribution in [0.15, 0.2) is 34.4 Å². The van der Waals surface area contributed by atoms with E-state index in [1.165, 1.54) is 0 Å². The zero-order valence-corrected chi connectivity index (χ0v) is 14.4. The predicted octanol–water partition coefficient (Wildman–Crippen LogP) is 2.84. The number of hydrogen-bond acceptors (Lipinski definition) is 4. The zero-order valence-electron chi connectivity index (χ0n) is 12.0. The van der Waals surface area contributed by atoms with E-state index in [1.807, 2.05) is 19.1 Å². The minimum atomic E-state index is 0.434. The summed E-state index contributed by atoms with van der Waals surface area (Å²) in [5.41, 5.74) is 3.57. The third-order valence-corrected chi connectivity index (χ3v) is 3.15. The third-order valence-electron chi connectivity index (χ3n) is 2.32. The number of thiocarbonyl (C=S) groups is 1. The van der Waals surface area contributed by atoms with Gasteiger partial charge in [0.2, 0.25) is 0 Å². The van der Waals surface area contributed by atoms with Crippen molar-refractivity contribution in [2.75, 3.05) is 20.3 Å². The maximum absolute atomic E-state index is 5.54. The fourth-order valence-electron chi connectivity index (χ4n) is 1.49. The fraction of sp³-hybridized carbons (Fsp3) is 0.286. The Morgan fingerprint density at radius 2 is 2.29 bits per heavy atom. The average molecular weight is 372 g/mol. The second-order valence-corrected chi connectivity index (χ2v) is 5.10. The van der Waals surface area contributed by atoms with Crippen LogP contribution < -0.4 is 20.2 Å². The van der Waals surface area contributed by atoms with E-state index in [4.69, 9.17) is 21.7 Å². The van der Waals surface area contributed by atoms with Crippen molar-refractivity contribution < 1.29 is 9.47 Å². The predicted molar refractivity (Wildman–Crippen MR) is 93.4 cm³/mol. The van der Waals surface area contributed by atoms with Crippen LogP contribution in [0.25, 0.3) is 0 Å². The molecule has 0 saturated heterocycles. The van der Waals surface area contributed by atoms with Gasteiger partial charge in [-0.1, -0.05) is 6.08 Å². The van der Waals surface area contributed by atoms with E-state index in [9.17, 15) is 0 Å². The van der Waals surface area contributed by atoms with E-state index in [2.05, 4.69) is 38.4 Å². The monoisotopic (exact) mass is 371 g/mol. The number of methoxy groups -OCH3 is 1. The molecule has 0 amide bonds. The van der Waals surface area contributed by atoms with Gasteiger partial charge < -0.3 is 14.8 Å². The Morgan fingerprint density at radius 3 is 2.90 bits per heavy atom. The number of rotatable bonds is 7. The molecule has 1 rings (SSSR count). The molecule has 21 heavy (non-hydrogen) atoms. The van der Waals surface area contributed by atoms with Crippen LogP contribution in [0.2, 0.25) is 0 Å². The van der Waals surface area contributed by atoms with Crippen molar-refractivity contribution in [3.8, 4) is 11.5 Å². The molecule has 0 bridgehead atoms. The molecule has 7 heteroatoms. The summed E-state index contributed by atoms with van der Waals surface area (Å²) in [7, 11) is 1.60. The van der Waals surface area contributed by atoms with Crippen molar-refractivity contribution in [2.45, 2.75) is 6.92 Å². The summed E-state index contributed by atoms with van der Waals surface area (Å²) in [6.45, 7) is 6.65. The van der Waals surface area contributed by atoms with Crippen LogP contribution in [0.1, 0.15) is 12.5 Å². The molecule has 114 valence electrons. The highest BCUT2D eigenvalue weighted by atomic mass is 79.9. The van der Waals surface area contributed by atoms with Gasteiger partial charge in [-0.2, -0.15) is 5.10 Å². The van der Waals surface area contributed by atoms with E-state index in [0.29, 0.717) is 29.8 Å². The summed E-state index contributed by atoms with van der Waals surface area (Å²) in [5.74, 6) is 1.31. The normalized spacial score (nSPS) is 10.2. The number of nitrogens with zero attached hydrogens (tertiary/aromatic N) is 1. The lowest BCUT2D eigenvalue weighted by atomic mass is 10.2. The molecular weight excluding hydrogens is 354 g/mol. The smallest absolute Gasteiger partial charge is 0.187 e. The molecule has 0 saturated carbocycles. The summed E-state index contributed by atoms with van der Waals surface area (Å²) in [6, 6.07) is 3.73.